The van der Waals surface area contributed by atoms with Crippen LogP contribution < -0.4 is 11.1 Å². The standard InChI is InChI=1S/C24H22F2IN7O/c1-12(2)10-15-21-29-8-9-34(21)11-16(30-15)19-31-18(28)17-20(32-19)33-22(35)23(17,3)13-4-6-14(7-5-13)24(25,26)27/h4-9,11-12H,10H2,1-3H3,(H3,28,31,32,33,35). The molecule has 1 amide bonds. The Morgan fingerprint density at radius 1 is 1.20 bits per heavy atom. The Kier molecular flexibility index (Phi) is 5.49. The molecule has 3 N–H and O–H groups in total. The van der Waals surface area contributed by atoms with E-state index < -0.39 is 9.34 Å². The van der Waals surface area contributed by atoms with Crippen molar-refractivity contribution >= 4 is 45.8 Å². The minimum atomic E-state index is -3.01. The minimum Gasteiger partial charge on any atom is -0.383 e. The summed E-state index contributed by atoms with van der Waals surface area (Å²) in [6, 6.07) is 5.64. The third-order valence-corrected chi connectivity index (χ3v) is 6.81. The van der Waals surface area contributed by atoms with Crippen molar-refractivity contribution in [3.63, 3.8) is 0 Å². The van der Waals surface area contributed by atoms with Crippen molar-refractivity contribution in [2.75, 3.05) is 11.1 Å². The molecule has 1 unspecified atom stereocenters. The number of benzene rings is 1. The number of carbonyl (C=O) groups excluding carboxylic acids is 1. The summed E-state index contributed by atoms with van der Waals surface area (Å²) in [7, 11) is 0. The Hall–Kier alpha value is -3.22. The lowest BCUT2D eigenvalue weighted by Crippen LogP contribution is -2.33. The second kappa shape index (κ2) is 8.18. The van der Waals surface area contributed by atoms with Gasteiger partial charge in [0.25, 0.3) is 0 Å². The minimum absolute atomic E-state index is 0.118. The molecule has 1 aliphatic rings. The second-order valence-corrected chi connectivity index (χ2v) is 10.5. The van der Waals surface area contributed by atoms with Gasteiger partial charge in [0, 0.05) is 46.7 Å². The van der Waals surface area contributed by atoms with Crippen LogP contribution in [0.4, 0.5) is 20.4 Å². The molecule has 8 nitrogen and oxygen atoms in total. The third-order valence-electron chi connectivity index (χ3n) is 6.19. The van der Waals surface area contributed by atoms with Crippen molar-refractivity contribution in [3.8, 4) is 11.5 Å². The lowest BCUT2D eigenvalue weighted by Gasteiger charge is -2.24. The van der Waals surface area contributed by atoms with E-state index in [1.807, 2.05) is 10.6 Å². The molecule has 4 heterocycles. The van der Waals surface area contributed by atoms with Crippen LogP contribution in [-0.2, 0) is 20.6 Å². The summed E-state index contributed by atoms with van der Waals surface area (Å²) in [5.41, 5.74) is 7.99. The van der Waals surface area contributed by atoms with Gasteiger partial charge in [-0.1, -0.05) is 38.1 Å². The number of carbonyl (C=O) groups is 1. The molecule has 11 heteroatoms. The lowest BCUT2D eigenvalue weighted by atomic mass is 9.77. The summed E-state index contributed by atoms with van der Waals surface area (Å²) in [5, 5.41) is 2.79. The van der Waals surface area contributed by atoms with Crippen LogP contribution in [0.2, 0.25) is 0 Å². The summed E-state index contributed by atoms with van der Waals surface area (Å²) in [5.74, 6) is 0.667. The van der Waals surface area contributed by atoms with E-state index in [1.165, 1.54) is 24.3 Å². The maximum absolute atomic E-state index is 13.7. The van der Waals surface area contributed by atoms with Crippen molar-refractivity contribution in [2.24, 2.45) is 5.92 Å². The third kappa shape index (κ3) is 3.91. The van der Waals surface area contributed by atoms with E-state index in [9.17, 15) is 13.6 Å². The van der Waals surface area contributed by atoms with Crippen molar-refractivity contribution in [1.29, 1.82) is 0 Å². The number of hydrogen-bond acceptors (Lipinski definition) is 6. The molecule has 0 radical (unpaired) electrons. The molecule has 3 aromatic heterocycles. The highest BCUT2D eigenvalue weighted by Gasteiger charge is 2.47. The van der Waals surface area contributed by atoms with E-state index in [-0.39, 0.29) is 28.9 Å². The topological polar surface area (TPSA) is 111 Å². The SMILES string of the molecule is CC(C)Cc1nc(-c2nc(N)c3c(n2)NC(=O)C3(C)c2ccc(C(F)(F)I)cc2)cn2ccnc12. The zero-order chi connectivity index (χ0) is 25.1. The van der Waals surface area contributed by atoms with Gasteiger partial charge in [-0.3, -0.25) is 4.79 Å². The van der Waals surface area contributed by atoms with E-state index in [4.69, 9.17) is 10.7 Å². The molecule has 1 aliphatic heterocycles. The Bertz CT molecular complexity index is 1460. The number of imidazole rings is 1. The van der Waals surface area contributed by atoms with E-state index in [0.717, 1.165) is 40.4 Å². The van der Waals surface area contributed by atoms with Crippen LogP contribution in [0.15, 0.2) is 42.9 Å². The molecule has 1 atom stereocenters. The van der Waals surface area contributed by atoms with Gasteiger partial charge in [-0.2, -0.15) is 8.78 Å². The summed E-state index contributed by atoms with van der Waals surface area (Å²) in [4.78, 5) is 31.4. The summed E-state index contributed by atoms with van der Waals surface area (Å²) >= 11 is 1.07. The van der Waals surface area contributed by atoms with Gasteiger partial charge in [0.1, 0.15) is 22.7 Å². The van der Waals surface area contributed by atoms with E-state index in [1.54, 1.807) is 19.3 Å². The van der Waals surface area contributed by atoms with Crippen LogP contribution in [0, 0.1) is 5.92 Å². The molecule has 4 aromatic rings. The van der Waals surface area contributed by atoms with E-state index in [2.05, 4.69) is 34.1 Å². The molecule has 0 aliphatic carbocycles. The number of nitrogens with two attached hydrogens (primary N) is 1. The van der Waals surface area contributed by atoms with Crippen LogP contribution >= 0.6 is 22.6 Å². The first-order valence-electron chi connectivity index (χ1n) is 11.0. The van der Waals surface area contributed by atoms with Crippen molar-refractivity contribution < 1.29 is 13.6 Å². The van der Waals surface area contributed by atoms with Crippen molar-refractivity contribution in [2.45, 2.75) is 36.5 Å². The molecule has 1 aromatic carbocycles. The smallest absolute Gasteiger partial charge is 0.321 e. The summed E-state index contributed by atoms with van der Waals surface area (Å²) in [6.07, 6.45) is 6.01. The van der Waals surface area contributed by atoms with Crippen molar-refractivity contribution in [3.05, 3.63) is 65.2 Å². The summed E-state index contributed by atoms with van der Waals surface area (Å²) < 4.78 is 26.2. The van der Waals surface area contributed by atoms with Gasteiger partial charge in [0.2, 0.25) is 5.91 Å². The molecule has 35 heavy (non-hydrogen) atoms. The number of nitrogen functional groups attached to an aromatic ring is 1. The number of anilines is 2. The quantitative estimate of drug-likeness (QED) is 0.258. The number of nitrogens with zero attached hydrogens (tertiary/aromatic N) is 5. The Morgan fingerprint density at radius 2 is 1.91 bits per heavy atom. The van der Waals surface area contributed by atoms with Gasteiger partial charge in [-0.25, -0.2) is 19.9 Å². The zero-order valence-electron chi connectivity index (χ0n) is 19.2. The predicted octanol–water partition coefficient (Wildman–Crippen LogP) is 4.71. The molecule has 0 saturated carbocycles. The highest BCUT2D eigenvalue weighted by Crippen LogP contribution is 2.45. The molecule has 0 bridgehead atoms. The first kappa shape index (κ1) is 23.5. The number of fused-ring (bicyclic) bond motifs is 2. The first-order valence-corrected chi connectivity index (χ1v) is 12.1. The van der Waals surface area contributed by atoms with Crippen LogP contribution in [-0.4, -0.2) is 30.2 Å². The number of hydrogen-bond donors (Lipinski definition) is 2. The number of rotatable bonds is 5. The number of amides is 1. The molecular weight excluding hydrogens is 567 g/mol. The molecule has 5 rings (SSSR count). The van der Waals surface area contributed by atoms with E-state index >= 15 is 0 Å². The van der Waals surface area contributed by atoms with Crippen LogP contribution in [0.1, 0.15) is 43.2 Å². The molecule has 0 spiro atoms. The van der Waals surface area contributed by atoms with Gasteiger partial charge in [-0.15, -0.1) is 0 Å². The van der Waals surface area contributed by atoms with Gasteiger partial charge in [0.15, 0.2) is 11.5 Å². The monoisotopic (exact) mass is 589 g/mol. The first-order chi connectivity index (χ1) is 16.5. The van der Waals surface area contributed by atoms with Crippen molar-refractivity contribution in [1.82, 2.24) is 24.3 Å². The lowest BCUT2D eigenvalue weighted by molar-refractivity contribution is -0.119. The number of nitrogens with one attached hydrogen (secondary N) is 1. The van der Waals surface area contributed by atoms with Gasteiger partial charge < -0.3 is 15.5 Å². The normalized spacial score (nSPS) is 17.7. The van der Waals surface area contributed by atoms with Crippen LogP contribution in [0.3, 0.4) is 0 Å². The maximum atomic E-state index is 13.7. The van der Waals surface area contributed by atoms with Crippen LogP contribution in [0.5, 0.6) is 0 Å². The van der Waals surface area contributed by atoms with Gasteiger partial charge in [0.05, 0.1) is 11.3 Å². The average molecular weight is 589 g/mol. The number of alkyl halides is 3. The fourth-order valence-corrected chi connectivity index (χ4v) is 4.78. The molecule has 0 fully saturated rings. The molecule has 180 valence electrons. The Morgan fingerprint density at radius 3 is 2.57 bits per heavy atom. The largest absolute Gasteiger partial charge is 0.383 e. The fraction of sp³-hybridized carbons (Fsp3) is 0.292. The molecular formula is C24H22F2IN7O. The maximum Gasteiger partial charge on any atom is 0.321 e. The fourth-order valence-electron chi connectivity index (χ4n) is 4.42. The van der Waals surface area contributed by atoms with Crippen LogP contribution in [0.25, 0.3) is 17.2 Å². The van der Waals surface area contributed by atoms with Gasteiger partial charge in [-0.05, 0) is 24.8 Å². The zero-order valence-corrected chi connectivity index (χ0v) is 21.3. The Balaban J connectivity index is 1.60. The van der Waals surface area contributed by atoms with Gasteiger partial charge >= 0.3 is 3.93 Å². The average Bonchev–Trinajstić information content (AvgIpc) is 3.36. The predicted molar refractivity (Wildman–Crippen MR) is 136 cm³/mol. The Labute approximate surface area is 213 Å². The number of halogens is 3. The van der Waals surface area contributed by atoms with E-state index in [0.29, 0.717) is 22.7 Å². The molecule has 0 saturated heterocycles. The highest BCUT2D eigenvalue weighted by molar-refractivity contribution is 14.1. The highest BCUT2D eigenvalue weighted by atomic mass is 127. The summed E-state index contributed by atoms with van der Waals surface area (Å²) in [6.45, 7) is 5.88. The second-order valence-electron chi connectivity index (χ2n) is 9.14. The number of aromatic nitrogens is 5.